The van der Waals surface area contributed by atoms with Crippen molar-refractivity contribution >= 4 is 24.8 Å². The van der Waals surface area contributed by atoms with Crippen molar-refractivity contribution in [3.05, 3.63) is 0 Å². The van der Waals surface area contributed by atoms with Crippen LogP contribution in [0.3, 0.4) is 0 Å². The van der Waals surface area contributed by atoms with Crippen LogP contribution < -0.4 is 5.73 Å². The molecular formula is C6H17Cl2NO2. The maximum absolute atomic E-state index is 5.29. The molecule has 0 atom stereocenters. The Hall–Kier alpha value is 0.460. The second-order valence-corrected chi connectivity index (χ2v) is 1.58. The molecular weight excluding hydrogens is 189 g/mol. The fourth-order valence-electron chi connectivity index (χ4n) is 0.556. The Balaban J connectivity index is -0.000000320. The van der Waals surface area contributed by atoms with E-state index in [-0.39, 0.29) is 31.1 Å². The van der Waals surface area contributed by atoms with Crippen LogP contribution >= 0.6 is 24.8 Å². The van der Waals surface area contributed by atoms with Crippen LogP contribution in [0.5, 0.6) is 0 Å². The smallest absolute Gasteiger partial charge is 0.169 e. The fraction of sp³-hybridized carbons (Fsp3) is 1.00. The predicted molar refractivity (Wildman–Crippen MR) is 50.6 cm³/mol. The number of hydrogen-bond donors (Lipinski definition) is 1. The van der Waals surface area contributed by atoms with Gasteiger partial charge in [0.2, 0.25) is 0 Å². The van der Waals surface area contributed by atoms with E-state index >= 15 is 0 Å². The molecule has 0 aromatic carbocycles. The van der Waals surface area contributed by atoms with Crippen molar-refractivity contribution < 1.29 is 9.47 Å². The van der Waals surface area contributed by atoms with E-state index < -0.39 is 0 Å². The summed E-state index contributed by atoms with van der Waals surface area (Å²) in [5.74, 6) is 0. The topological polar surface area (TPSA) is 44.5 Å². The molecule has 0 aliphatic rings. The van der Waals surface area contributed by atoms with E-state index in [1.165, 1.54) is 0 Å². The second-order valence-electron chi connectivity index (χ2n) is 1.58. The van der Waals surface area contributed by atoms with E-state index in [1.807, 2.05) is 13.8 Å². The molecule has 0 spiro atoms. The molecule has 0 amide bonds. The van der Waals surface area contributed by atoms with Gasteiger partial charge in [-0.25, -0.2) is 0 Å². The third-order valence-electron chi connectivity index (χ3n) is 0.898. The van der Waals surface area contributed by atoms with Crippen molar-refractivity contribution in [2.75, 3.05) is 19.8 Å². The van der Waals surface area contributed by atoms with Crippen molar-refractivity contribution in [1.82, 2.24) is 0 Å². The lowest BCUT2D eigenvalue weighted by Gasteiger charge is -2.13. The standard InChI is InChI=1S/C6H15NO2.2ClH/c1-3-8-6(5-7)9-4-2;;/h6H,3-5,7H2,1-2H3;2*1H. The second kappa shape index (κ2) is 13.1. The Morgan fingerprint density at radius 3 is 1.64 bits per heavy atom. The Morgan fingerprint density at radius 1 is 1.09 bits per heavy atom. The lowest BCUT2D eigenvalue weighted by Crippen LogP contribution is -2.26. The zero-order valence-corrected chi connectivity index (χ0v) is 8.54. The Kier molecular flexibility index (Phi) is 20.8. The molecule has 5 heteroatoms. The van der Waals surface area contributed by atoms with E-state index in [9.17, 15) is 0 Å². The summed E-state index contributed by atoms with van der Waals surface area (Å²) in [5.41, 5.74) is 5.29. The van der Waals surface area contributed by atoms with Gasteiger partial charge in [-0.3, -0.25) is 0 Å². The van der Waals surface area contributed by atoms with Gasteiger partial charge in [0.1, 0.15) is 0 Å². The Bertz CT molecular complexity index is 60.5. The van der Waals surface area contributed by atoms with Crippen molar-refractivity contribution in [1.29, 1.82) is 0 Å². The number of halogens is 2. The minimum Gasteiger partial charge on any atom is -0.352 e. The first-order valence-electron chi connectivity index (χ1n) is 3.28. The number of nitrogens with two attached hydrogens (primary N) is 1. The number of hydrogen-bond acceptors (Lipinski definition) is 3. The molecule has 0 aliphatic carbocycles. The van der Waals surface area contributed by atoms with Gasteiger partial charge in [-0.2, -0.15) is 0 Å². The van der Waals surface area contributed by atoms with Gasteiger partial charge in [0.25, 0.3) is 0 Å². The molecule has 0 rings (SSSR count). The van der Waals surface area contributed by atoms with Gasteiger partial charge in [0.15, 0.2) is 6.29 Å². The highest BCUT2D eigenvalue weighted by atomic mass is 35.5. The number of ether oxygens (including phenoxy) is 2. The van der Waals surface area contributed by atoms with Crippen molar-refractivity contribution in [2.24, 2.45) is 5.73 Å². The van der Waals surface area contributed by atoms with E-state index in [0.29, 0.717) is 19.8 Å². The molecule has 0 fully saturated rings. The normalized spacial score (nSPS) is 8.73. The lowest BCUT2D eigenvalue weighted by atomic mass is 10.6. The highest BCUT2D eigenvalue weighted by molar-refractivity contribution is 5.85. The van der Waals surface area contributed by atoms with Crippen LogP contribution in [0, 0.1) is 0 Å². The van der Waals surface area contributed by atoms with Gasteiger partial charge in [-0.15, -0.1) is 24.8 Å². The summed E-state index contributed by atoms with van der Waals surface area (Å²) < 4.78 is 10.2. The summed E-state index contributed by atoms with van der Waals surface area (Å²) in [6, 6.07) is 0. The van der Waals surface area contributed by atoms with Crippen LogP contribution in [0.2, 0.25) is 0 Å². The summed E-state index contributed by atoms with van der Waals surface area (Å²) in [5, 5.41) is 0. The third kappa shape index (κ3) is 10.5. The van der Waals surface area contributed by atoms with Gasteiger partial charge >= 0.3 is 0 Å². The fourth-order valence-corrected chi connectivity index (χ4v) is 0.556. The summed E-state index contributed by atoms with van der Waals surface area (Å²) in [7, 11) is 0. The molecule has 0 heterocycles. The van der Waals surface area contributed by atoms with Crippen LogP contribution in [-0.4, -0.2) is 26.0 Å². The molecule has 0 aliphatic heterocycles. The first-order chi connectivity index (χ1) is 4.35. The van der Waals surface area contributed by atoms with E-state index in [0.717, 1.165) is 0 Å². The monoisotopic (exact) mass is 205 g/mol. The summed E-state index contributed by atoms with van der Waals surface area (Å²) >= 11 is 0. The SMILES string of the molecule is CCOC(CN)OCC.Cl.Cl. The van der Waals surface area contributed by atoms with Crippen LogP contribution in [0.15, 0.2) is 0 Å². The summed E-state index contributed by atoms with van der Waals surface area (Å²) in [6.07, 6.45) is -0.208. The molecule has 0 saturated heterocycles. The average Bonchev–Trinajstić information content (AvgIpc) is 1.88. The Labute approximate surface area is 80.4 Å². The van der Waals surface area contributed by atoms with Gasteiger partial charge in [0, 0.05) is 19.8 Å². The lowest BCUT2D eigenvalue weighted by molar-refractivity contribution is -0.128. The van der Waals surface area contributed by atoms with Crippen LogP contribution in [0.1, 0.15) is 13.8 Å². The average molecular weight is 206 g/mol. The molecule has 0 aromatic heterocycles. The molecule has 0 unspecified atom stereocenters. The zero-order valence-electron chi connectivity index (χ0n) is 6.91. The molecule has 0 radical (unpaired) electrons. The highest BCUT2D eigenvalue weighted by Gasteiger charge is 2.01. The van der Waals surface area contributed by atoms with Crippen LogP contribution in [0.4, 0.5) is 0 Å². The van der Waals surface area contributed by atoms with Gasteiger partial charge < -0.3 is 15.2 Å². The largest absolute Gasteiger partial charge is 0.352 e. The minimum atomic E-state index is -0.208. The molecule has 2 N–H and O–H groups in total. The van der Waals surface area contributed by atoms with Crippen molar-refractivity contribution in [2.45, 2.75) is 20.1 Å². The maximum atomic E-state index is 5.29. The van der Waals surface area contributed by atoms with Gasteiger partial charge in [0.05, 0.1) is 0 Å². The quantitative estimate of drug-likeness (QED) is 0.687. The molecule has 0 saturated carbocycles. The predicted octanol–water partition coefficient (Wildman–Crippen LogP) is 1.19. The van der Waals surface area contributed by atoms with Crippen LogP contribution in [-0.2, 0) is 9.47 Å². The van der Waals surface area contributed by atoms with Crippen molar-refractivity contribution in [3.63, 3.8) is 0 Å². The summed E-state index contributed by atoms with van der Waals surface area (Å²) in [4.78, 5) is 0. The molecule has 0 aromatic rings. The van der Waals surface area contributed by atoms with Gasteiger partial charge in [-0.1, -0.05) is 0 Å². The minimum absolute atomic E-state index is 0. The van der Waals surface area contributed by atoms with E-state index in [4.69, 9.17) is 15.2 Å². The molecule has 0 bridgehead atoms. The number of rotatable bonds is 5. The Morgan fingerprint density at radius 2 is 1.45 bits per heavy atom. The third-order valence-corrected chi connectivity index (χ3v) is 0.898. The molecule has 3 nitrogen and oxygen atoms in total. The molecule has 72 valence electrons. The van der Waals surface area contributed by atoms with Crippen LogP contribution in [0.25, 0.3) is 0 Å². The zero-order chi connectivity index (χ0) is 7.11. The van der Waals surface area contributed by atoms with E-state index in [2.05, 4.69) is 0 Å². The maximum Gasteiger partial charge on any atom is 0.169 e. The molecule has 11 heavy (non-hydrogen) atoms. The first-order valence-corrected chi connectivity index (χ1v) is 3.28. The van der Waals surface area contributed by atoms with Gasteiger partial charge in [-0.05, 0) is 13.8 Å². The first kappa shape index (κ1) is 17.5. The summed E-state index contributed by atoms with van der Waals surface area (Å²) in [6.45, 7) is 5.58. The van der Waals surface area contributed by atoms with Crippen molar-refractivity contribution in [3.8, 4) is 0 Å². The highest BCUT2D eigenvalue weighted by Crippen LogP contribution is 1.90. The van der Waals surface area contributed by atoms with E-state index in [1.54, 1.807) is 0 Å².